The number of anilines is 1. The number of aromatic nitrogens is 2. The van der Waals surface area contributed by atoms with E-state index in [4.69, 9.17) is 16.9 Å². The van der Waals surface area contributed by atoms with Crippen LogP contribution < -0.4 is 5.32 Å². The summed E-state index contributed by atoms with van der Waals surface area (Å²) in [6.07, 6.45) is 2.81. The summed E-state index contributed by atoms with van der Waals surface area (Å²) in [6.45, 7) is 1.66. The van der Waals surface area contributed by atoms with Crippen LogP contribution in [0.5, 0.6) is 0 Å². The molecule has 1 N–H and O–H groups in total. The lowest BCUT2D eigenvalue weighted by molar-refractivity contribution is 0.677. The first kappa shape index (κ1) is 14.4. The van der Waals surface area contributed by atoms with Crippen LogP contribution in [0.25, 0.3) is 11.0 Å². The average Bonchev–Trinajstić information content (AvgIpc) is 2.96. The van der Waals surface area contributed by atoms with Crippen molar-refractivity contribution >= 4 is 28.3 Å². The van der Waals surface area contributed by atoms with Gasteiger partial charge in [-0.05, 0) is 36.8 Å². The van der Waals surface area contributed by atoms with Crippen molar-refractivity contribution < 1.29 is 0 Å². The van der Waals surface area contributed by atoms with Crippen molar-refractivity contribution in [1.29, 1.82) is 5.26 Å². The van der Waals surface area contributed by atoms with Gasteiger partial charge in [0.25, 0.3) is 0 Å². The Morgan fingerprint density at radius 1 is 1.23 bits per heavy atom. The number of fused-ring (bicyclic) bond motifs is 1. The number of nitriles is 1. The van der Waals surface area contributed by atoms with Gasteiger partial charge in [0.15, 0.2) is 0 Å². The summed E-state index contributed by atoms with van der Waals surface area (Å²) in [5.74, 6) is 0. The zero-order valence-electron chi connectivity index (χ0n) is 12.0. The number of halogens is 1. The lowest BCUT2D eigenvalue weighted by Gasteiger charge is -2.09. The SMILES string of the molecule is N#Cc1cc(Cl)ccc1NCCCn1cnc2ccccc21. The van der Waals surface area contributed by atoms with Gasteiger partial charge in [-0.2, -0.15) is 5.26 Å². The van der Waals surface area contributed by atoms with Crippen LogP contribution in [-0.4, -0.2) is 16.1 Å². The molecule has 0 bridgehead atoms. The fourth-order valence-corrected chi connectivity index (χ4v) is 2.60. The molecule has 110 valence electrons. The Hall–Kier alpha value is -2.51. The van der Waals surface area contributed by atoms with Crippen molar-refractivity contribution in [2.24, 2.45) is 0 Å². The van der Waals surface area contributed by atoms with Crippen molar-refractivity contribution in [2.75, 3.05) is 11.9 Å². The third-order valence-electron chi connectivity index (χ3n) is 3.52. The minimum atomic E-state index is 0.570. The molecule has 0 fully saturated rings. The third-order valence-corrected chi connectivity index (χ3v) is 3.76. The first-order valence-corrected chi connectivity index (χ1v) is 7.49. The molecule has 4 nitrogen and oxygen atoms in total. The van der Waals surface area contributed by atoms with Crippen molar-refractivity contribution in [1.82, 2.24) is 9.55 Å². The summed E-state index contributed by atoms with van der Waals surface area (Å²) in [5.41, 5.74) is 3.55. The molecule has 22 heavy (non-hydrogen) atoms. The van der Waals surface area contributed by atoms with Gasteiger partial charge in [0.05, 0.1) is 28.6 Å². The number of para-hydroxylation sites is 2. The van der Waals surface area contributed by atoms with Crippen molar-refractivity contribution in [2.45, 2.75) is 13.0 Å². The van der Waals surface area contributed by atoms with Crippen molar-refractivity contribution in [3.63, 3.8) is 0 Å². The molecule has 0 aliphatic rings. The van der Waals surface area contributed by atoms with Crippen LogP contribution >= 0.6 is 11.6 Å². The van der Waals surface area contributed by atoms with Gasteiger partial charge in [0.2, 0.25) is 0 Å². The number of aryl methyl sites for hydroxylation is 1. The van der Waals surface area contributed by atoms with E-state index in [-0.39, 0.29) is 0 Å². The van der Waals surface area contributed by atoms with E-state index in [2.05, 4.69) is 27.0 Å². The van der Waals surface area contributed by atoms with Gasteiger partial charge in [-0.15, -0.1) is 0 Å². The van der Waals surface area contributed by atoms with Crippen LogP contribution in [-0.2, 0) is 6.54 Å². The van der Waals surface area contributed by atoms with E-state index in [1.807, 2.05) is 30.6 Å². The van der Waals surface area contributed by atoms with E-state index in [1.165, 1.54) is 0 Å². The summed E-state index contributed by atoms with van der Waals surface area (Å²) >= 11 is 5.89. The van der Waals surface area contributed by atoms with E-state index < -0.39 is 0 Å². The number of nitrogens with one attached hydrogen (secondary N) is 1. The van der Waals surface area contributed by atoms with E-state index in [1.54, 1.807) is 12.1 Å². The predicted octanol–water partition coefficient (Wildman–Crippen LogP) is 4.06. The molecular weight excluding hydrogens is 296 g/mol. The Balaban J connectivity index is 1.59. The Morgan fingerprint density at radius 2 is 2.09 bits per heavy atom. The summed E-state index contributed by atoms with van der Waals surface area (Å²) in [4.78, 5) is 4.38. The second-order valence-electron chi connectivity index (χ2n) is 5.01. The molecule has 0 aliphatic carbocycles. The third kappa shape index (κ3) is 3.05. The number of rotatable bonds is 5. The first-order chi connectivity index (χ1) is 10.8. The van der Waals surface area contributed by atoms with Gasteiger partial charge in [0, 0.05) is 18.1 Å². The second kappa shape index (κ2) is 6.50. The number of benzene rings is 2. The topological polar surface area (TPSA) is 53.6 Å². The van der Waals surface area contributed by atoms with Crippen LogP contribution in [0.3, 0.4) is 0 Å². The highest BCUT2D eigenvalue weighted by Gasteiger charge is 2.03. The lowest BCUT2D eigenvalue weighted by atomic mass is 10.2. The molecule has 0 saturated carbocycles. The van der Waals surface area contributed by atoms with Gasteiger partial charge in [-0.3, -0.25) is 0 Å². The van der Waals surface area contributed by atoms with Crippen molar-refractivity contribution in [3.05, 3.63) is 59.4 Å². The van der Waals surface area contributed by atoms with Crippen LogP contribution in [0.4, 0.5) is 5.69 Å². The van der Waals surface area contributed by atoms with E-state index in [0.29, 0.717) is 10.6 Å². The lowest BCUT2D eigenvalue weighted by Crippen LogP contribution is -2.07. The quantitative estimate of drug-likeness (QED) is 0.723. The molecule has 0 unspecified atom stereocenters. The van der Waals surface area contributed by atoms with Crippen LogP contribution in [0, 0.1) is 11.3 Å². The maximum atomic E-state index is 9.11. The smallest absolute Gasteiger partial charge is 0.101 e. The zero-order valence-corrected chi connectivity index (χ0v) is 12.7. The first-order valence-electron chi connectivity index (χ1n) is 7.11. The molecule has 0 amide bonds. The maximum absolute atomic E-state index is 9.11. The predicted molar refractivity (Wildman–Crippen MR) is 89.0 cm³/mol. The van der Waals surface area contributed by atoms with Gasteiger partial charge in [0.1, 0.15) is 6.07 Å². The molecule has 1 aromatic heterocycles. The van der Waals surface area contributed by atoms with Crippen LogP contribution in [0.2, 0.25) is 5.02 Å². The molecule has 3 aromatic rings. The largest absolute Gasteiger partial charge is 0.384 e. The normalized spacial score (nSPS) is 10.5. The minimum Gasteiger partial charge on any atom is -0.384 e. The molecule has 0 aliphatic heterocycles. The van der Waals surface area contributed by atoms with E-state index in [0.717, 1.165) is 36.2 Å². The highest BCUT2D eigenvalue weighted by Crippen LogP contribution is 2.20. The fraction of sp³-hybridized carbons (Fsp3) is 0.176. The monoisotopic (exact) mass is 310 g/mol. The van der Waals surface area contributed by atoms with Gasteiger partial charge >= 0.3 is 0 Å². The molecular formula is C17H15ClN4. The molecule has 5 heteroatoms. The highest BCUT2D eigenvalue weighted by molar-refractivity contribution is 6.30. The minimum absolute atomic E-state index is 0.570. The van der Waals surface area contributed by atoms with E-state index in [9.17, 15) is 0 Å². The Bertz CT molecular complexity index is 832. The number of imidazole rings is 1. The second-order valence-corrected chi connectivity index (χ2v) is 5.45. The number of hydrogen-bond acceptors (Lipinski definition) is 3. The van der Waals surface area contributed by atoms with Gasteiger partial charge < -0.3 is 9.88 Å². The number of hydrogen-bond donors (Lipinski definition) is 1. The number of nitrogens with zero attached hydrogens (tertiary/aromatic N) is 3. The average molecular weight is 311 g/mol. The Kier molecular flexibility index (Phi) is 4.27. The summed E-state index contributed by atoms with van der Waals surface area (Å²) in [6, 6.07) is 15.5. The maximum Gasteiger partial charge on any atom is 0.101 e. The Labute approximate surface area is 134 Å². The highest BCUT2D eigenvalue weighted by atomic mass is 35.5. The van der Waals surface area contributed by atoms with E-state index >= 15 is 0 Å². The molecule has 0 saturated heterocycles. The Morgan fingerprint density at radius 3 is 2.95 bits per heavy atom. The molecule has 2 aromatic carbocycles. The van der Waals surface area contributed by atoms with Crippen molar-refractivity contribution in [3.8, 4) is 6.07 Å². The van der Waals surface area contributed by atoms with Gasteiger partial charge in [-0.25, -0.2) is 4.98 Å². The zero-order chi connectivity index (χ0) is 15.4. The fourth-order valence-electron chi connectivity index (χ4n) is 2.42. The van der Waals surface area contributed by atoms with Gasteiger partial charge in [-0.1, -0.05) is 23.7 Å². The summed E-state index contributed by atoms with van der Waals surface area (Å²) in [7, 11) is 0. The van der Waals surface area contributed by atoms with Crippen LogP contribution in [0.1, 0.15) is 12.0 Å². The standard InChI is InChI=1S/C17H15ClN4/c18-14-6-7-15(13(10-14)11-19)20-8-3-9-22-12-21-16-4-1-2-5-17(16)22/h1-2,4-7,10,12,20H,3,8-9H2. The summed E-state index contributed by atoms with van der Waals surface area (Å²) < 4.78 is 2.14. The molecule has 0 spiro atoms. The van der Waals surface area contributed by atoms with Crippen LogP contribution in [0.15, 0.2) is 48.8 Å². The molecule has 1 heterocycles. The molecule has 0 radical (unpaired) electrons. The summed E-state index contributed by atoms with van der Waals surface area (Å²) in [5, 5.41) is 13.0. The molecule has 3 rings (SSSR count). The molecule has 0 atom stereocenters.